The maximum absolute atomic E-state index is 2.39. The van der Waals surface area contributed by atoms with Gasteiger partial charge in [0, 0.05) is 0 Å². The molecule has 0 aromatic heterocycles. The first-order valence-electron chi connectivity index (χ1n) is 12.2. The van der Waals surface area contributed by atoms with Crippen LogP contribution in [0.5, 0.6) is 0 Å². The van der Waals surface area contributed by atoms with Crippen molar-refractivity contribution in [2.24, 2.45) is 5.41 Å². The molecule has 0 aliphatic rings. The molecule has 0 N–H and O–H groups in total. The molecule has 0 spiro atoms. The van der Waals surface area contributed by atoms with Crippen molar-refractivity contribution in [3.8, 4) is 0 Å². The van der Waals surface area contributed by atoms with Gasteiger partial charge >= 0.3 is 0 Å². The molecule has 0 saturated carbocycles. The van der Waals surface area contributed by atoms with E-state index in [2.05, 4.69) is 27.7 Å². The van der Waals surface area contributed by atoms with Crippen LogP contribution in [0.4, 0.5) is 0 Å². The largest absolute Gasteiger partial charge is 0.0654 e. The van der Waals surface area contributed by atoms with Crippen molar-refractivity contribution in [1.82, 2.24) is 0 Å². The summed E-state index contributed by atoms with van der Waals surface area (Å²) in [6, 6.07) is 0. The van der Waals surface area contributed by atoms with Crippen molar-refractivity contribution in [3.63, 3.8) is 0 Å². The topological polar surface area (TPSA) is 0 Å². The summed E-state index contributed by atoms with van der Waals surface area (Å²) in [7, 11) is 0. The summed E-state index contributed by atoms with van der Waals surface area (Å²) in [5, 5.41) is 0. The molecule has 0 aromatic rings. The summed E-state index contributed by atoms with van der Waals surface area (Å²) in [5.41, 5.74) is 0.663. The second-order valence-electron chi connectivity index (χ2n) is 8.61. The van der Waals surface area contributed by atoms with Crippen LogP contribution in [0.3, 0.4) is 0 Å². The Balaban J connectivity index is 3.21. The van der Waals surface area contributed by atoms with E-state index in [0.29, 0.717) is 5.41 Å². The van der Waals surface area contributed by atoms with Gasteiger partial charge in [0.1, 0.15) is 0 Å². The molecule has 0 atom stereocenters. The van der Waals surface area contributed by atoms with E-state index in [0.717, 1.165) is 0 Å². The minimum Gasteiger partial charge on any atom is -0.0654 e. The second kappa shape index (κ2) is 18.8. The van der Waals surface area contributed by atoms with Gasteiger partial charge in [0.25, 0.3) is 0 Å². The Hall–Kier alpha value is 0. The van der Waals surface area contributed by atoms with E-state index in [4.69, 9.17) is 0 Å². The second-order valence-corrected chi connectivity index (χ2v) is 8.61. The highest BCUT2D eigenvalue weighted by Gasteiger charge is 2.22. The first-order chi connectivity index (χ1) is 12.2. The Kier molecular flexibility index (Phi) is 18.8. The highest BCUT2D eigenvalue weighted by atomic mass is 14.3. The molecule has 0 heterocycles. The lowest BCUT2D eigenvalue weighted by Crippen LogP contribution is -2.17. The minimum absolute atomic E-state index is 0.663. The Morgan fingerprint density at radius 2 is 0.640 bits per heavy atom. The Morgan fingerprint density at radius 1 is 0.360 bits per heavy atom. The maximum Gasteiger partial charge on any atom is -0.0305 e. The molecule has 152 valence electrons. The van der Waals surface area contributed by atoms with E-state index < -0.39 is 0 Å². The maximum atomic E-state index is 2.39. The van der Waals surface area contributed by atoms with E-state index in [9.17, 15) is 0 Å². The summed E-state index contributed by atoms with van der Waals surface area (Å²) in [4.78, 5) is 0. The molecule has 0 heteroatoms. The zero-order valence-electron chi connectivity index (χ0n) is 18.6. The Bertz CT molecular complexity index is 230. The lowest BCUT2D eigenvalue weighted by Gasteiger charge is -2.30. The molecule has 0 aromatic carbocycles. The summed E-state index contributed by atoms with van der Waals surface area (Å²) < 4.78 is 0. The first-order valence-corrected chi connectivity index (χ1v) is 12.2. The van der Waals surface area contributed by atoms with Gasteiger partial charge < -0.3 is 0 Å². The molecule has 0 fully saturated rings. The fourth-order valence-corrected chi connectivity index (χ4v) is 4.33. The van der Waals surface area contributed by atoms with E-state index in [1.165, 1.54) is 128 Å². The quantitative estimate of drug-likeness (QED) is 0.191. The van der Waals surface area contributed by atoms with Crippen molar-refractivity contribution in [2.75, 3.05) is 0 Å². The molecule has 0 aliphatic heterocycles. The molecular formula is C25H52. The van der Waals surface area contributed by atoms with Crippen molar-refractivity contribution < 1.29 is 0 Å². The van der Waals surface area contributed by atoms with Gasteiger partial charge in [-0.15, -0.1) is 0 Å². The summed E-state index contributed by atoms with van der Waals surface area (Å²) in [6.07, 6.45) is 29.1. The predicted octanol–water partition coefficient (Wildman–Crippen LogP) is 9.85. The normalized spacial score (nSPS) is 12.0. The van der Waals surface area contributed by atoms with Crippen LogP contribution >= 0.6 is 0 Å². The lowest BCUT2D eigenvalue weighted by atomic mass is 9.75. The van der Waals surface area contributed by atoms with Crippen LogP contribution in [-0.4, -0.2) is 0 Å². The van der Waals surface area contributed by atoms with Crippen LogP contribution in [0.15, 0.2) is 0 Å². The SMILES string of the molecule is CCCCCCCCCCCCCCCCCCC(CC)(CC)CC. The van der Waals surface area contributed by atoms with Crippen LogP contribution in [0, 0.1) is 5.41 Å². The fraction of sp³-hybridized carbons (Fsp3) is 1.00. The van der Waals surface area contributed by atoms with Crippen LogP contribution in [-0.2, 0) is 0 Å². The van der Waals surface area contributed by atoms with Gasteiger partial charge in [0.05, 0.1) is 0 Å². The van der Waals surface area contributed by atoms with E-state index in [1.807, 2.05) is 0 Å². The number of hydrogen-bond acceptors (Lipinski definition) is 0. The summed E-state index contributed by atoms with van der Waals surface area (Å²) in [6.45, 7) is 9.47. The zero-order valence-corrected chi connectivity index (χ0v) is 18.6. The van der Waals surface area contributed by atoms with E-state index in [1.54, 1.807) is 0 Å². The van der Waals surface area contributed by atoms with Gasteiger partial charge in [0.2, 0.25) is 0 Å². The molecule has 0 saturated heterocycles. The fourth-order valence-electron chi connectivity index (χ4n) is 4.33. The lowest BCUT2D eigenvalue weighted by molar-refractivity contribution is 0.220. The third kappa shape index (κ3) is 14.8. The first kappa shape index (κ1) is 25.0. The summed E-state index contributed by atoms with van der Waals surface area (Å²) in [5.74, 6) is 0. The van der Waals surface area contributed by atoms with Crippen LogP contribution in [0.25, 0.3) is 0 Å². The smallest absolute Gasteiger partial charge is 0.0305 e. The molecule has 0 unspecified atom stereocenters. The van der Waals surface area contributed by atoms with Gasteiger partial charge in [-0.2, -0.15) is 0 Å². The van der Waals surface area contributed by atoms with Gasteiger partial charge in [-0.25, -0.2) is 0 Å². The third-order valence-corrected chi connectivity index (χ3v) is 6.81. The van der Waals surface area contributed by atoms with Gasteiger partial charge in [-0.1, -0.05) is 150 Å². The molecule has 0 amide bonds. The molecule has 0 radical (unpaired) electrons. The average molecular weight is 353 g/mol. The molecule has 0 bridgehead atoms. The van der Waals surface area contributed by atoms with Gasteiger partial charge in [-0.05, 0) is 11.8 Å². The van der Waals surface area contributed by atoms with Gasteiger partial charge in [-0.3, -0.25) is 0 Å². The van der Waals surface area contributed by atoms with Crippen molar-refractivity contribution in [2.45, 2.75) is 156 Å². The standard InChI is InChI=1S/C25H52/c1-5-9-10-11-12-13-14-15-16-17-18-19-20-21-22-23-24-25(6-2,7-3)8-4/h5-24H2,1-4H3. The molecule has 25 heavy (non-hydrogen) atoms. The molecule has 0 nitrogen and oxygen atoms in total. The number of rotatable bonds is 20. The van der Waals surface area contributed by atoms with Crippen molar-refractivity contribution in [3.05, 3.63) is 0 Å². The van der Waals surface area contributed by atoms with Crippen LogP contribution in [0.1, 0.15) is 156 Å². The Morgan fingerprint density at radius 3 is 0.920 bits per heavy atom. The molecule has 0 aliphatic carbocycles. The molecule has 0 rings (SSSR count). The third-order valence-electron chi connectivity index (χ3n) is 6.81. The van der Waals surface area contributed by atoms with Crippen molar-refractivity contribution >= 4 is 0 Å². The van der Waals surface area contributed by atoms with E-state index >= 15 is 0 Å². The molecular weight excluding hydrogens is 300 g/mol. The predicted molar refractivity (Wildman–Crippen MR) is 117 cm³/mol. The van der Waals surface area contributed by atoms with Crippen LogP contribution in [0.2, 0.25) is 0 Å². The summed E-state index contributed by atoms with van der Waals surface area (Å²) >= 11 is 0. The highest BCUT2D eigenvalue weighted by molar-refractivity contribution is 4.74. The van der Waals surface area contributed by atoms with Crippen molar-refractivity contribution in [1.29, 1.82) is 0 Å². The number of hydrogen-bond donors (Lipinski definition) is 0. The number of unbranched alkanes of at least 4 members (excludes halogenated alkanes) is 15. The zero-order chi connectivity index (χ0) is 18.6. The Labute approximate surface area is 161 Å². The minimum atomic E-state index is 0.663. The van der Waals surface area contributed by atoms with Gasteiger partial charge in [0.15, 0.2) is 0 Å². The monoisotopic (exact) mass is 352 g/mol. The van der Waals surface area contributed by atoms with Crippen LogP contribution < -0.4 is 0 Å². The highest BCUT2D eigenvalue weighted by Crippen LogP contribution is 2.36. The van der Waals surface area contributed by atoms with E-state index in [-0.39, 0.29) is 0 Å². The average Bonchev–Trinajstić information content (AvgIpc) is 2.65.